The van der Waals surface area contributed by atoms with E-state index in [1.165, 1.54) is 12.8 Å². The van der Waals surface area contributed by atoms with Crippen LogP contribution in [-0.2, 0) is 11.3 Å². The number of hydrogen-bond donors (Lipinski definition) is 2. The number of aromatic nitrogens is 3. The van der Waals surface area contributed by atoms with Gasteiger partial charge in [-0.25, -0.2) is 0 Å². The normalized spacial score (nSPS) is 14.3. The zero-order valence-corrected chi connectivity index (χ0v) is 15.4. The van der Waals surface area contributed by atoms with Gasteiger partial charge in [0.25, 0.3) is 0 Å². The molecule has 0 spiro atoms. The summed E-state index contributed by atoms with van der Waals surface area (Å²) in [4.78, 5) is 15.2. The van der Waals surface area contributed by atoms with E-state index in [0.29, 0.717) is 13.2 Å². The molecule has 4 rings (SSSR count). The maximum atomic E-state index is 5.52. The van der Waals surface area contributed by atoms with Crippen LogP contribution in [0.4, 0.5) is 17.5 Å². The highest BCUT2D eigenvalue weighted by molar-refractivity contribution is 5.90. The monoisotopic (exact) mass is 351 g/mol. The largest absolute Gasteiger partial charge is 0.377 e. The van der Waals surface area contributed by atoms with Crippen LogP contribution in [0.2, 0.25) is 0 Å². The summed E-state index contributed by atoms with van der Waals surface area (Å²) in [6, 6.07) is 10.4. The molecule has 6 nitrogen and oxygen atoms in total. The van der Waals surface area contributed by atoms with E-state index < -0.39 is 0 Å². The van der Waals surface area contributed by atoms with Gasteiger partial charge in [-0.2, -0.15) is 9.97 Å². The molecule has 1 fully saturated rings. The van der Waals surface area contributed by atoms with Crippen molar-refractivity contribution >= 4 is 28.5 Å². The average Bonchev–Trinajstić information content (AvgIpc) is 3.29. The zero-order chi connectivity index (χ0) is 17.9. The van der Waals surface area contributed by atoms with Gasteiger partial charge in [-0.3, -0.25) is 0 Å². The van der Waals surface area contributed by atoms with E-state index in [0.717, 1.165) is 52.8 Å². The third-order valence-corrected chi connectivity index (χ3v) is 4.66. The van der Waals surface area contributed by atoms with Crippen LogP contribution in [0.1, 0.15) is 31.0 Å². The lowest BCUT2D eigenvalue weighted by Crippen LogP contribution is -2.20. The molecule has 0 unspecified atom stereocenters. The Bertz CT molecular complexity index is 898. The number of fused-ring (bicyclic) bond motifs is 1. The molecule has 0 radical (unpaired) electrons. The maximum absolute atomic E-state index is 5.52. The lowest BCUT2D eigenvalue weighted by Gasteiger charge is -2.17. The summed E-state index contributed by atoms with van der Waals surface area (Å²) in [5, 5.41) is 4.50. The van der Waals surface area contributed by atoms with Crippen LogP contribution in [0.5, 0.6) is 0 Å². The van der Waals surface area contributed by atoms with Crippen LogP contribution in [0.25, 0.3) is 11.0 Å². The van der Waals surface area contributed by atoms with E-state index >= 15 is 0 Å². The number of nitrogens with one attached hydrogen (secondary N) is 2. The molecule has 3 heterocycles. The Labute approximate surface area is 153 Å². The Hall–Kier alpha value is -2.60. The number of nitrogens with zero attached hydrogens (tertiary/aromatic N) is 3. The van der Waals surface area contributed by atoms with Crippen LogP contribution in [0.3, 0.4) is 0 Å². The second-order valence-corrected chi connectivity index (χ2v) is 6.74. The Balaban J connectivity index is 1.68. The van der Waals surface area contributed by atoms with Crippen LogP contribution in [-0.4, -0.2) is 34.6 Å². The highest BCUT2D eigenvalue weighted by Gasteiger charge is 2.18. The Kier molecular flexibility index (Phi) is 4.75. The van der Waals surface area contributed by atoms with E-state index in [4.69, 9.17) is 14.7 Å². The van der Waals surface area contributed by atoms with E-state index in [9.17, 15) is 0 Å². The van der Waals surface area contributed by atoms with E-state index in [1.54, 1.807) is 0 Å². The van der Waals surface area contributed by atoms with Crippen molar-refractivity contribution in [2.24, 2.45) is 0 Å². The minimum Gasteiger partial charge on any atom is -0.377 e. The van der Waals surface area contributed by atoms with Gasteiger partial charge in [0.05, 0.1) is 12.0 Å². The fraction of sp³-hybridized carbons (Fsp3) is 0.400. The van der Waals surface area contributed by atoms with Crippen molar-refractivity contribution in [3.63, 3.8) is 0 Å². The Morgan fingerprint density at radius 2 is 2.04 bits per heavy atom. The highest BCUT2D eigenvalue weighted by atomic mass is 16.5. The van der Waals surface area contributed by atoms with Gasteiger partial charge in [0.15, 0.2) is 0 Å². The zero-order valence-electron chi connectivity index (χ0n) is 15.4. The molecule has 1 saturated heterocycles. The summed E-state index contributed by atoms with van der Waals surface area (Å²) in [6.45, 7) is 7.43. The summed E-state index contributed by atoms with van der Waals surface area (Å²) in [7, 11) is 0. The molecular formula is C20H25N5O. The van der Waals surface area contributed by atoms with E-state index in [-0.39, 0.29) is 0 Å². The smallest absolute Gasteiger partial charge is 0.229 e. The summed E-state index contributed by atoms with van der Waals surface area (Å²) in [5.41, 5.74) is 4.12. The summed E-state index contributed by atoms with van der Waals surface area (Å²) in [5.74, 6) is 1.64. The maximum Gasteiger partial charge on any atom is 0.229 e. The minimum atomic E-state index is 0.619. The molecule has 6 heteroatoms. The molecule has 1 aliphatic rings. The third kappa shape index (κ3) is 3.51. The number of rotatable bonds is 6. The standard InChI is InChI=1S/C20H25N5O/c1-3-26-13-15-7-6-8-16(12-15)22-19-17-11-14(2)21-18(17)23-20(24-19)25-9-4-5-10-25/h6-8,11-12H,3-5,9-10,13H2,1-2H3,(H2,21,22,23,24). The SMILES string of the molecule is CCOCc1cccc(Nc2nc(N3CCCC3)nc3[nH]c(C)cc23)c1. The Morgan fingerprint density at radius 3 is 2.85 bits per heavy atom. The number of aromatic amines is 1. The lowest BCUT2D eigenvalue weighted by molar-refractivity contribution is 0.134. The van der Waals surface area contributed by atoms with Gasteiger partial charge in [0, 0.05) is 31.1 Å². The van der Waals surface area contributed by atoms with Crippen LogP contribution >= 0.6 is 0 Å². The van der Waals surface area contributed by atoms with Crippen LogP contribution < -0.4 is 10.2 Å². The van der Waals surface area contributed by atoms with Gasteiger partial charge in [0.2, 0.25) is 5.95 Å². The summed E-state index contributed by atoms with van der Waals surface area (Å²) < 4.78 is 5.52. The molecule has 26 heavy (non-hydrogen) atoms. The summed E-state index contributed by atoms with van der Waals surface area (Å²) in [6.07, 6.45) is 2.40. The molecule has 0 aliphatic carbocycles. The predicted octanol–water partition coefficient (Wildman–Crippen LogP) is 4.15. The number of aryl methyl sites for hydroxylation is 1. The topological polar surface area (TPSA) is 66.1 Å². The Morgan fingerprint density at radius 1 is 1.19 bits per heavy atom. The number of anilines is 3. The molecule has 2 N–H and O–H groups in total. The second kappa shape index (κ2) is 7.33. The van der Waals surface area contributed by atoms with Crippen molar-refractivity contribution in [1.29, 1.82) is 0 Å². The lowest BCUT2D eigenvalue weighted by atomic mass is 10.2. The number of benzene rings is 1. The molecular weight excluding hydrogens is 326 g/mol. The molecule has 0 bridgehead atoms. The molecule has 0 amide bonds. The first kappa shape index (κ1) is 16.8. The first-order chi connectivity index (χ1) is 12.7. The van der Waals surface area contributed by atoms with Crippen molar-refractivity contribution in [3.8, 4) is 0 Å². The quantitative estimate of drug-likeness (QED) is 0.698. The van der Waals surface area contributed by atoms with Crippen LogP contribution in [0.15, 0.2) is 30.3 Å². The molecule has 1 aromatic carbocycles. The van der Waals surface area contributed by atoms with Gasteiger partial charge in [0.1, 0.15) is 11.5 Å². The second-order valence-electron chi connectivity index (χ2n) is 6.74. The van der Waals surface area contributed by atoms with Gasteiger partial charge in [-0.05, 0) is 50.5 Å². The average molecular weight is 351 g/mol. The van der Waals surface area contributed by atoms with Gasteiger partial charge < -0.3 is 19.9 Å². The molecule has 1 aliphatic heterocycles. The fourth-order valence-electron chi connectivity index (χ4n) is 3.38. The van der Waals surface area contributed by atoms with Gasteiger partial charge in [-0.1, -0.05) is 12.1 Å². The van der Waals surface area contributed by atoms with Gasteiger partial charge in [-0.15, -0.1) is 0 Å². The molecule has 0 saturated carbocycles. The molecule has 136 valence electrons. The minimum absolute atomic E-state index is 0.619. The van der Waals surface area contributed by atoms with Crippen molar-refractivity contribution < 1.29 is 4.74 Å². The first-order valence-corrected chi connectivity index (χ1v) is 9.29. The number of hydrogen-bond acceptors (Lipinski definition) is 5. The first-order valence-electron chi connectivity index (χ1n) is 9.29. The van der Waals surface area contributed by atoms with Crippen molar-refractivity contribution in [2.45, 2.75) is 33.3 Å². The number of ether oxygens (including phenoxy) is 1. The molecule has 0 atom stereocenters. The highest BCUT2D eigenvalue weighted by Crippen LogP contribution is 2.28. The van der Waals surface area contributed by atoms with Crippen LogP contribution in [0, 0.1) is 6.92 Å². The van der Waals surface area contributed by atoms with E-state index in [1.807, 2.05) is 19.9 Å². The molecule has 2 aromatic heterocycles. The van der Waals surface area contributed by atoms with Crippen molar-refractivity contribution in [3.05, 3.63) is 41.6 Å². The fourth-order valence-corrected chi connectivity index (χ4v) is 3.38. The van der Waals surface area contributed by atoms with Gasteiger partial charge >= 0.3 is 0 Å². The predicted molar refractivity (Wildman–Crippen MR) is 105 cm³/mol. The molecule has 3 aromatic rings. The third-order valence-electron chi connectivity index (χ3n) is 4.66. The van der Waals surface area contributed by atoms with Crippen molar-refractivity contribution in [1.82, 2.24) is 15.0 Å². The van der Waals surface area contributed by atoms with E-state index in [2.05, 4.69) is 39.5 Å². The summed E-state index contributed by atoms with van der Waals surface area (Å²) >= 11 is 0. The van der Waals surface area contributed by atoms with Crippen molar-refractivity contribution in [2.75, 3.05) is 29.9 Å². The number of H-pyrrole nitrogens is 1.